The molecule has 4 rings (SSSR count). The van der Waals surface area contributed by atoms with Gasteiger partial charge < -0.3 is 24.5 Å². The summed E-state index contributed by atoms with van der Waals surface area (Å²) in [4.78, 5) is 16.1. The maximum Gasteiger partial charge on any atom is 0.227 e. The van der Waals surface area contributed by atoms with Crippen molar-refractivity contribution >= 4 is 17.5 Å². The van der Waals surface area contributed by atoms with E-state index in [1.54, 1.807) is 6.07 Å². The zero-order chi connectivity index (χ0) is 17.9. The van der Waals surface area contributed by atoms with Gasteiger partial charge in [-0.05, 0) is 19.1 Å². The molecule has 0 aliphatic carbocycles. The summed E-state index contributed by atoms with van der Waals surface area (Å²) in [6, 6.07) is 9.58. The summed E-state index contributed by atoms with van der Waals surface area (Å²) in [5.74, 6) is 2.12. The number of aromatic nitrogens is 2. The van der Waals surface area contributed by atoms with E-state index in [0.29, 0.717) is 5.75 Å². The number of nitrogens with zero attached hydrogens (tertiary/aromatic N) is 5. The van der Waals surface area contributed by atoms with E-state index < -0.39 is 0 Å². The Morgan fingerprint density at radius 3 is 2.31 bits per heavy atom. The average Bonchev–Trinajstić information content (AvgIpc) is 2.69. The molecule has 0 unspecified atom stereocenters. The lowest BCUT2D eigenvalue weighted by Crippen LogP contribution is -2.47. The van der Waals surface area contributed by atoms with E-state index in [1.807, 2.05) is 25.1 Å². The number of aryl methyl sites for hydroxylation is 1. The van der Waals surface area contributed by atoms with Crippen LogP contribution in [0.3, 0.4) is 0 Å². The number of para-hydroxylation sites is 2. The normalized spacial score (nSPS) is 18.3. The van der Waals surface area contributed by atoms with Crippen LogP contribution in [0.1, 0.15) is 5.69 Å². The Labute approximate surface area is 153 Å². The molecule has 138 valence electrons. The van der Waals surface area contributed by atoms with Gasteiger partial charge in [0.15, 0.2) is 0 Å². The van der Waals surface area contributed by atoms with Crippen molar-refractivity contribution < 1.29 is 9.84 Å². The van der Waals surface area contributed by atoms with Crippen LogP contribution in [-0.2, 0) is 4.74 Å². The molecular formula is C19H25N5O2. The monoisotopic (exact) mass is 355 g/mol. The van der Waals surface area contributed by atoms with E-state index in [4.69, 9.17) is 9.72 Å². The highest BCUT2D eigenvalue weighted by Crippen LogP contribution is 2.28. The van der Waals surface area contributed by atoms with E-state index in [9.17, 15) is 5.11 Å². The maximum absolute atomic E-state index is 10.1. The van der Waals surface area contributed by atoms with Gasteiger partial charge in [-0.2, -0.15) is 4.98 Å². The van der Waals surface area contributed by atoms with Gasteiger partial charge in [0.1, 0.15) is 11.6 Å². The van der Waals surface area contributed by atoms with Gasteiger partial charge >= 0.3 is 0 Å². The van der Waals surface area contributed by atoms with Crippen LogP contribution in [-0.4, -0.2) is 67.6 Å². The highest BCUT2D eigenvalue weighted by atomic mass is 16.5. The molecular weight excluding hydrogens is 330 g/mol. The van der Waals surface area contributed by atoms with Gasteiger partial charge in [0.05, 0.1) is 18.9 Å². The number of aromatic hydroxyl groups is 1. The van der Waals surface area contributed by atoms with Crippen molar-refractivity contribution in [1.29, 1.82) is 0 Å². The number of ether oxygens (including phenoxy) is 1. The van der Waals surface area contributed by atoms with Crippen LogP contribution in [0.5, 0.6) is 5.75 Å². The van der Waals surface area contributed by atoms with Crippen molar-refractivity contribution in [3.05, 3.63) is 36.0 Å². The van der Waals surface area contributed by atoms with Gasteiger partial charge in [-0.25, -0.2) is 4.98 Å². The third kappa shape index (κ3) is 3.53. The molecule has 3 heterocycles. The molecule has 26 heavy (non-hydrogen) atoms. The summed E-state index contributed by atoms with van der Waals surface area (Å²) < 4.78 is 5.43. The van der Waals surface area contributed by atoms with Gasteiger partial charge in [-0.3, -0.25) is 0 Å². The van der Waals surface area contributed by atoms with E-state index in [0.717, 1.165) is 75.6 Å². The Kier molecular flexibility index (Phi) is 4.79. The zero-order valence-corrected chi connectivity index (χ0v) is 15.1. The Morgan fingerprint density at radius 2 is 1.58 bits per heavy atom. The lowest BCUT2D eigenvalue weighted by Gasteiger charge is -2.37. The van der Waals surface area contributed by atoms with Crippen molar-refractivity contribution in [1.82, 2.24) is 9.97 Å². The quantitative estimate of drug-likeness (QED) is 0.898. The number of hydrogen-bond acceptors (Lipinski definition) is 7. The van der Waals surface area contributed by atoms with Crippen LogP contribution < -0.4 is 14.7 Å². The molecule has 2 saturated heterocycles. The molecule has 0 bridgehead atoms. The molecule has 2 aliphatic heterocycles. The van der Waals surface area contributed by atoms with Crippen molar-refractivity contribution in [3.63, 3.8) is 0 Å². The van der Waals surface area contributed by atoms with Crippen molar-refractivity contribution in [2.24, 2.45) is 0 Å². The topological polar surface area (TPSA) is 65.0 Å². The summed E-state index contributed by atoms with van der Waals surface area (Å²) in [7, 11) is 0. The molecule has 1 aromatic heterocycles. The molecule has 2 fully saturated rings. The summed E-state index contributed by atoms with van der Waals surface area (Å²) in [5.41, 5.74) is 1.89. The van der Waals surface area contributed by atoms with Crippen LogP contribution in [0, 0.1) is 6.92 Å². The number of phenolic OH excluding ortho intramolecular Hbond substituents is 1. The molecule has 1 N–H and O–H groups in total. The Morgan fingerprint density at radius 1 is 0.885 bits per heavy atom. The van der Waals surface area contributed by atoms with Crippen LogP contribution in [0.4, 0.5) is 17.5 Å². The first-order valence-electron chi connectivity index (χ1n) is 9.17. The van der Waals surface area contributed by atoms with Gasteiger partial charge in [0.25, 0.3) is 0 Å². The van der Waals surface area contributed by atoms with Crippen molar-refractivity contribution in [3.8, 4) is 5.75 Å². The summed E-state index contributed by atoms with van der Waals surface area (Å²) in [5, 5.41) is 10.1. The number of piperazine rings is 1. The second-order valence-corrected chi connectivity index (χ2v) is 6.73. The minimum absolute atomic E-state index is 0.341. The number of benzene rings is 1. The Bertz CT molecular complexity index is 755. The third-order valence-electron chi connectivity index (χ3n) is 4.95. The average molecular weight is 355 g/mol. The van der Waals surface area contributed by atoms with Crippen molar-refractivity contribution in [2.45, 2.75) is 6.92 Å². The van der Waals surface area contributed by atoms with Gasteiger partial charge in [0.2, 0.25) is 5.95 Å². The molecule has 0 atom stereocenters. The fourth-order valence-corrected chi connectivity index (χ4v) is 3.51. The minimum atomic E-state index is 0.341. The minimum Gasteiger partial charge on any atom is -0.506 e. The summed E-state index contributed by atoms with van der Waals surface area (Å²) >= 11 is 0. The molecule has 7 nitrogen and oxygen atoms in total. The van der Waals surface area contributed by atoms with Crippen LogP contribution in [0.2, 0.25) is 0 Å². The van der Waals surface area contributed by atoms with Crippen LogP contribution >= 0.6 is 0 Å². The summed E-state index contributed by atoms with van der Waals surface area (Å²) in [6.07, 6.45) is 0. The Balaban J connectivity index is 1.47. The fraction of sp³-hybridized carbons (Fsp3) is 0.474. The zero-order valence-electron chi connectivity index (χ0n) is 15.1. The largest absolute Gasteiger partial charge is 0.506 e. The maximum atomic E-state index is 10.1. The van der Waals surface area contributed by atoms with Gasteiger partial charge in [-0.1, -0.05) is 12.1 Å². The second-order valence-electron chi connectivity index (χ2n) is 6.73. The van der Waals surface area contributed by atoms with Crippen LogP contribution in [0.15, 0.2) is 30.3 Å². The molecule has 7 heteroatoms. The predicted octanol–water partition coefficient (Wildman–Crippen LogP) is 1.65. The van der Waals surface area contributed by atoms with E-state index in [2.05, 4.69) is 25.8 Å². The number of phenols is 1. The molecule has 2 aromatic rings. The first-order valence-corrected chi connectivity index (χ1v) is 9.17. The van der Waals surface area contributed by atoms with Crippen LogP contribution in [0.25, 0.3) is 0 Å². The lowest BCUT2D eigenvalue weighted by atomic mass is 10.2. The molecule has 0 saturated carbocycles. The second kappa shape index (κ2) is 7.37. The smallest absolute Gasteiger partial charge is 0.227 e. The van der Waals surface area contributed by atoms with Gasteiger partial charge in [-0.15, -0.1) is 0 Å². The Hall–Kier alpha value is -2.54. The molecule has 1 aromatic carbocycles. The first-order chi connectivity index (χ1) is 12.7. The number of morpholine rings is 1. The number of rotatable bonds is 3. The summed E-state index contributed by atoms with van der Waals surface area (Å²) in [6.45, 7) is 8.60. The first kappa shape index (κ1) is 16.9. The van der Waals surface area contributed by atoms with E-state index in [-0.39, 0.29) is 0 Å². The molecule has 0 spiro atoms. The van der Waals surface area contributed by atoms with E-state index >= 15 is 0 Å². The number of hydrogen-bond donors (Lipinski definition) is 1. The molecule has 2 aliphatic rings. The molecule has 0 amide bonds. The van der Waals surface area contributed by atoms with E-state index in [1.165, 1.54) is 0 Å². The predicted molar refractivity (Wildman–Crippen MR) is 102 cm³/mol. The highest BCUT2D eigenvalue weighted by Gasteiger charge is 2.22. The van der Waals surface area contributed by atoms with Gasteiger partial charge in [0, 0.05) is 51.0 Å². The van der Waals surface area contributed by atoms with Crippen molar-refractivity contribution in [2.75, 3.05) is 67.2 Å². The lowest BCUT2D eigenvalue weighted by molar-refractivity contribution is 0.122. The highest BCUT2D eigenvalue weighted by molar-refractivity contribution is 5.59. The third-order valence-corrected chi connectivity index (χ3v) is 4.95. The fourth-order valence-electron chi connectivity index (χ4n) is 3.51. The number of anilines is 3. The SMILES string of the molecule is Cc1cc(N2CCN(c3ccccc3O)CC2)nc(N2CCOCC2)n1. The molecule has 0 radical (unpaired) electrons. The standard InChI is InChI=1S/C19H25N5O2/c1-15-14-18(21-19(20-15)24-10-12-26-13-11-24)23-8-6-22(7-9-23)16-4-2-3-5-17(16)25/h2-5,14,25H,6-13H2,1H3.